The fraction of sp³-hybridized carbons (Fsp3) is 0.500. The lowest BCUT2D eigenvalue weighted by molar-refractivity contribution is 0.265. The second-order valence-electron chi connectivity index (χ2n) is 4.24. The van der Waals surface area contributed by atoms with Gasteiger partial charge in [-0.05, 0) is 32.1 Å². The zero-order chi connectivity index (χ0) is 10.1. The van der Waals surface area contributed by atoms with Gasteiger partial charge in [0.15, 0.2) is 0 Å². The molecule has 2 heteroatoms. The van der Waals surface area contributed by atoms with E-state index < -0.39 is 0 Å². The maximum Gasteiger partial charge on any atom is 0.0470 e. The number of rotatable bonds is 1. The summed E-state index contributed by atoms with van der Waals surface area (Å²) in [6.07, 6.45) is 0. The van der Waals surface area contributed by atoms with Gasteiger partial charge in [0.25, 0.3) is 0 Å². The number of fused-ring (bicyclic) bond motifs is 1. The summed E-state index contributed by atoms with van der Waals surface area (Å²) in [5, 5.41) is 3.53. The fourth-order valence-corrected chi connectivity index (χ4v) is 2.18. The highest BCUT2D eigenvalue weighted by Gasteiger charge is 2.24. The summed E-state index contributed by atoms with van der Waals surface area (Å²) in [4.78, 5) is 2.28. The number of hydrogen-bond donors (Lipinski definition) is 1. The predicted octanol–water partition coefficient (Wildman–Crippen LogP) is 1.95. The molecule has 0 bridgehead atoms. The van der Waals surface area contributed by atoms with Crippen LogP contribution in [-0.4, -0.2) is 25.5 Å². The average molecular weight is 190 g/mol. The molecule has 1 aromatic carbocycles. The van der Waals surface area contributed by atoms with Crippen molar-refractivity contribution >= 4 is 0 Å². The van der Waals surface area contributed by atoms with Gasteiger partial charge in [-0.2, -0.15) is 0 Å². The van der Waals surface area contributed by atoms with Crippen LogP contribution in [-0.2, 0) is 0 Å². The van der Waals surface area contributed by atoms with E-state index in [1.807, 2.05) is 0 Å². The molecular formula is C12H18N2. The first-order valence-corrected chi connectivity index (χ1v) is 5.19. The molecule has 0 amide bonds. The Bertz CT molecular complexity index is 320. The fourth-order valence-electron chi connectivity index (χ4n) is 2.18. The van der Waals surface area contributed by atoms with Crippen LogP contribution in [0, 0.1) is 0 Å². The lowest BCUT2D eigenvalue weighted by Gasteiger charge is -2.34. The molecule has 0 aromatic heterocycles. The van der Waals surface area contributed by atoms with Crippen LogP contribution in [0.15, 0.2) is 24.3 Å². The van der Waals surface area contributed by atoms with Crippen molar-refractivity contribution in [3.63, 3.8) is 0 Å². The van der Waals surface area contributed by atoms with Crippen LogP contribution < -0.4 is 5.32 Å². The van der Waals surface area contributed by atoms with Gasteiger partial charge in [0, 0.05) is 18.6 Å². The molecule has 0 saturated carbocycles. The zero-order valence-electron chi connectivity index (χ0n) is 9.12. The van der Waals surface area contributed by atoms with E-state index in [0.29, 0.717) is 12.1 Å². The number of hydrogen-bond acceptors (Lipinski definition) is 2. The minimum atomic E-state index is 0.488. The molecule has 2 nitrogen and oxygen atoms in total. The van der Waals surface area contributed by atoms with Gasteiger partial charge < -0.3 is 10.2 Å². The normalized spacial score (nSPS) is 26.3. The van der Waals surface area contributed by atoms with Crippen LogP contribution in [0.3, 0.4) is 0 Å². The molecule has 0 fully saturated rings. The molecule has 0 spiro atoms. The monoisotopic (exact) mass is 190 g/mol. The van der Waals surface area contributed by atoms with Crippen molar-refractivity contribution in [2.45, 2.75) is 19.0 Å². The molecule has 1 aromatic rings. The molecule has 1 N–H and O–H groups in total. The largest absolute Gasteiger partial charge is 0.308 e. The lowest BCUT2D eigenvalue weighted by Crippen LogP contribution is -2.37. The van der Waals surface area contributed by atoms with Gasteiger partial charge in [0.05, 0.1) is 0 Å². The first-order chi connectivity index (χ1) is 6.70. The first-order valence-electron chi connectivity index (χ1n) is 5.19. The van der Waals surface area contributed by atoms with Crippen LogP contribution in [0.2, 0.25) is 0 Å². The summed E-state index contributed by atoms with van der Waals surface area (Å²) >= 11 is 0. The zero-order valence-corrected chi connectivity index (χ0v) is 9.12. The number of likely N-dealkylation sites (N-methyl/N-ethyl adjacent to an activating group) is 1. The molecule has 0 saturated heterocycles. The van der Waals surface area contributed by atoms with Gasteiger partial charge in [-0.25, -0.2) is 0 Å². The highest BCUT2D eigenvalue weighted by molar-refractivity contribution is 5.34. The van der Waals surface area contributed by atoms with E-state index in [9.17, 15) is 0 Å². The number of benzene rings is 1. The Balaban J connectivity index is 2.41. The Hall–Kier alpha value is -0.860. The third-order valence-electron chi connectivity index (χ3n) is 3.06. The molecule has 2 unspecified atom stereocenters. The van der Waals surface area contributed by atoms with E-state index in [-0.39, 0.29) is 0 Å². The van der Waals surface area contributed by atoms with E-state index in [2.05, 4.69) is 55.5 Å². The minimum Gasteiger partial charge on any atom is -0.308 e. The Morgan fingerprint density at radius 1 is 1.21 bits per heavy atom. The summed E-state index contributed by atoms with van der Waals surface area (Å²) in [7, 11) is 4.28. The van der Waals surface area contributed by atoms with Gasteiger partial charge in [-0.3, -0.25) is 0 Å². The number of nitrogens with one attached hydrogen (secondary N) is 1. The first kappa shape index (κ1) is 9.69. The molecule has 76 valence electrons. The van der Waals surface area contributed by atoms with Crippen molar-refractivity contribution in [3.05, 3.63) is 35.4 Å². The van der Waals surface area contributed by atoms with Crippen LogP contribution >= 0.6 is 0 Å². The highest BCUT2D eigenvalue weighted by atomic mass is 15.1. The standard InChI is InChI=1S/C12H18N2/c1-9-10-6-4-5-7-11(10)12(8-13-9)14(2)3/h4-7,9,12-13H,8H2,1-3H3. The van der Waals surface area contributed by atoms with Crippen LogP contribution in [0.25, 0.3) is 0 Å². The molecular weight excluding hydrogens is 172 g/mol. The second kappa shape index (κ2) is 3.71. The van der Waals surface area contributed by atoms with Gasteiger partial charge >= 0.3 is 0 Å². The van der Waals surface area contributed by atoms with Crippen molar-refractivity contribution in [2.75, 3.05) is 20.6 Å². The topological polar surface area (TPSA) is 15.3 Å². The number of nitrogens with zero attached hydrogens (tertiary/aromatic N) is 1. The summed E-state index contributed by atoms with van der Waals surface area (Å²) in [5.74, 6) is 0. The third kappa shape index (κ3) is 1.56. The van der Waals surface area contributed by atoms with Crippen LogP contribution in [0.1, 0.15) is 30.1 Å². The summed E-state index contributed by atoms with van der Waals surface area (Å²) in [6.45, 7) is 3.27. The third-order valence-corrected chi connectivity index (χ3v) is 3.06. The summed E-state index contributed by atoms with van der Waals surface area (Å²) in [5.41, 5.74) is 2.92. The van der Waals surface area contributed by atoms with Gasteiger partial charge in [0.1, 0.15) is 0 Å². The Morgan fingerprint density at radius 2 is 1.86 bits per heavy atom. The lowest BCUT2D eigenvalue weighted by atomic mass is 9.91. The highest BCUT2D eigenvalue weighted by Crippen LogP contribution is 2.30. The Morgan fingerprint density at radius 3 is 2.50 bits per heavy atom. The van der Waals surface area contributed by atoms with Crippen molar-refractivity contribution in [1.82, 2.24) is 10.2 Å². The van der Waals surface area contributed by atoms with Crippen LogP contribution in [0.4, 0.5) is 0 Å². The minimum absolute atomic E-state index is 0.488. The molecule has 0 radical (unpaired) electrons. The molecule has 2 rings (SSSR count). The maximum absolute atomic E-state index is 3.53. The quantitative estimate of drug-likeness (QED) is 0.728. The summed E-state index contributed by atoms with van der Waals surface area (Å²) in [6, 6.07) is 9.73. The van der Waals surface area contributed by atoms with Crippen molar-refractivity contribution in [2.24, 2.45) is 0 Å². The van der Waals surface area contributed by atoms with Gasteiger partial charge in [-0.1, -0.05) is 24.3 Å². The molecule has 2 atom stereocenters. The van der Waals surface area contributed by atoms with Crippen molar-refractivity contribution in [1.29, 1.82) is 0 Å². The van der Waals surface area contributed by atoms with Gasteiger partial charge in [-0.15, -0.1) is 0 Å². The molecule has 0 aliphatic carbocycles. The van der Waals surface area contributed by atoms with E-state index in [0.717, 1.165) is 6.54 Å². The van der Waals surface area contributed by atoms with Crippen molar-refractivity contribution < 1.29 is 0 Å². The molecule has 1 aliphatic rings. The van der Waals surface area contributed by atoms with E-state index in [1.54, 1.807) is 0 Å². The average Bonchev–Trinajstić information content (AvgIpc) is 2.18. The van der Waals surface area contributed by atoms with E-state index >= 15 is 0 Å². The molecule has 1 heterocycles. The van der Waals surface area contributed by atoms with Crippen molar-refractivity contribution in [3.8, 4) is 0 Å². The predicted molar refractivity (Wildman–Crippen MR) is 59.3 cm³/mol. The van der Waals surface area contributed by atoms with E-state index in [1.165, 1.54) is 11.1 Å². The van der Waals surface area contributed by atoms with E-state index in [4.69, 9.17) is 0 Å². The van der Waals surface area contributed by atoms with Crippen LogP contribution in [0.5, 0.6) is 0 Å². The molecule has 14 heavy (non-hydrogen) atoms. The Kier molecular flexibility index (Phi) is 2.57. The summed E-state index contributed by atoms with van der Waals surface area (Å²) < 4.78 is 0. The maximum atomic E-state index is 3.53. The van der Waals surface area contributed by atoms with Gasteiger partial charge in [0.2, 0.25) is 0 Å². The smallest absolute Gasteiger partial charge is 0.0470 e. The SMILES string of the molecule is CC1NCC(N(C)C)c2ccccc21. The Labute approximate surface area is 85.9 Å². The second-order valence-corrected chi connectivity index (χ2v) is 4.24. The molecule has 1 aliphatic heterocycles.